The molecule has 1 fully saturated rings. The van der Waals surface area contributed by atoms with Crippen molar-refractivity contribution >= 4 is 27.8 Å². The monoisotopic (exact) mass is 343 g/mol. The van der Waals surface area contributed by atoms with Crippen LogP contribution in [-0.2, 0) is 9.53 Å². The van der Waals surface area contributed by atoms with Crippen LogP contribution in [-0.4, -0.2) is 24.5 Å². The Bertz CT molecular complexity index is 515. The summed E-state index contributed by atoms with van der Waals surface area (Å²) in [4.78, 5) is 23.4. The SMILES string of the molecule is O=C(COC(=O)c1ccc(F)cc1Br)NC1CCCC1. The molecule has 108 valence electrons. The molecule has 0 atom stereocenters. The highest BCUT2D eigenvalue weighted by Gasteiger charge is 2.19. The van der Waals surface area contributed by atoms with E-state index in [1.165, 1.54) is 18.2 Å². The minimum atomic E-state index is -0.654. The predicted molar refractivity (Wildman–Crippen MR) is 74.8 cm³/mol. The molecule has 1 aromatic rings. The van der Waals surface area contributed by atoms with Crippen LogP contribution < -0.4 is 5.32 Å². The van der Waals surface area contributed by atoms with Gasteiger partial charge < -0.3 is 10.1 Å². The third-order valence-electron chi connectivity index (χ3n) is 3.21. The lowest BCUT2D eigenvalue weighted by atomic mass is 10.2. The third-order valence-corrected chi connectivity index (χ3v) is 3.86. The summed E-state index contributed by atoms with van der Waals surface area (Å²) in [5.41, 5.74) is 0.195. The Morgan fingerprint density at radius 3 is 2.70 bits per heavy atom. The molecule has 0 bridgehead atoms. The fraction of sp³-hybridized carbons (Fsp3) is 0.429. The normalized spacial score (nSPS) is 15.1. The topological polar surface area (TPSA) is 55.4 Å². The molecule has 0 saturated heterocycles. The van der Waals surface area contributed by atoms with Crippen LogP contribution in [0.1, 0.15) is 36.0 Å². The number of hydrogen-bond donors (Lipinski definition) is 1. The maximum atomic E-state index is 12.9. The lowest BCUT2D eigenvalue weighted by molar-refractivity contribution is -0.124. The van der Waals surface area contributed by atoms with Crippen molar-refractivity contribution in [3.63, 3.8) is 0 Å². The molecule has 2 rings (SSSR count). The second-order valence-electron chi connectivity index (χ2n) is 4.75. The molecule has 1 amide bonds. The molecule has 0 aliphatic heterocycles. The zero-order valence-corrected chi connectivity index (χ0v) is 12.4. The largest absolute Gasteiger partial charge is 0.452 e. The van der Waals surface area contributed by atoms with E-state index in [-0.39, 0.29) is 24.1 Å². The highest BCUT2D eigenvalue weighted by molar-refractivity contribution is 9.10. The average molecular weight is 344 g/mol. The number of benzene rings is 1. The van der Waals surface area contributed by atoms with E-state index in [1.54, 1.807) is 0 Å². The summed E-state index contributed by atoms with van der Waals surface area (Å²) in [5, 5.41) is 2.82. The first-order valence-corrected chi connectivity index (χ1v) is 7.27. The van der Waals surface area contributed by atoms with Gasteiger partial charge in [0.25, 0.3) is 5.91 Å². The van der Waals surface area contributed by atoms with Crippen LogP contribution in [0.3, 0.4) is 0 Å². The van der Waals surface area contributed by atoms with E-state index in [9.17, 15) is 14.0 Å². The molecule has 0 radical (unpaired) electrons. The fourth-order valence-corrected chi connectivity index (χ4v) is 2.72. The molecule has 4 nitrogen and oxygen atoms in total. The molecule has 0 aromatic heterocycles. The molecule has 1 N–H and O–H groups in total. The van der Waals surface area contributed by atoms with Gasteiger partial charge in [-0.15, -0.1) is 0 Å². The number of ether oxygens (including phenoxy) is 1. The van der Waals surface area contributed by atoms with Crippen LogP contribution in [0.2, 0.25) is 0 Å². The van der Waals surface area contributed by atoms with Crippen LogP contribution >= 0.6 is 15.9 Å². The number of amides is 1. The number of rotatable bonds is 4. The number of hydrogen-bond acceptors (Lipinski definition) is 3. The molecule has 6 heteroatoms. The number of nitrogens with one attached hydrogen (secondary N) is 1. The van der Waals surface area contributed by atoms with Gasteiger partial charge in [0, 0.05) is 10.5 Å². The Morgan fingerprint density at radius 1 is 1.35 bits per heavy atom. The van der Waals surface area contributed by atoms with Crippen LogP contribution in [0, 0.1) is 5.82 Å². The second kappa shape index (κ2) is 6.83. The molecule has 1 saturated carbocycles. The van der Waals surface area contributed by atoms with Crippen LogP contribution in [0.15, 0.2) is 22.7 Å². The van der Waals surface area contributed by atoms with E-state index in [0.29, 0.717) is 4.47 Å². The van der Waals surface area contributed by atoms with E-state index in [4.69, 9.17) is 4.74 Å². The lowest BCUT2D eigenvalue weighted by Gasteiger charge is -2.12. The summed E-state index contributed by atoms with van der Waals surface area (Å²) in [5.74, 6) is -1.41. The van der Waals surface area contributed by atoms with Gasteiger partial charge >= 0.3 is 5.97 Å². The highest BCUT2D eigenvalue weighted by atomic mass is 79.9. The van der Waals surface area contributed by atoms with Gasteiger partial charge in [-0.05, 0) is 47.0 Å². The van der Waals surface area contributed by atoms with Crippen LogP contribution in [0.25, 0.3) is 0 Å². The fourth-order valence-electron chi connectivity index (χ4n) is 2.20. The van der Waals surface area contributed by atoms with Crippen molar-refractivity contribution in [1.82, 2.24) is 5.32 Å². The van der Waals surface area contributed by atoms with Gasteiger partial charge in [0.05, 0.1) is 5.56 Å². The van der Waals surface area contributed by atoms with Crippen LogP contribution in [0.4, 0.5) is 4.39 Å². The molecule has 0 heterocycles. The van der Waals surface area contributed by atoms with Crippen molar-refractivity contribution in [3.05, 3.63) is 34.1 Å². The van der Waals surface area contributed by atoms with E-state index < -0.39 is 11.8 Å². The maximum Gasteiger partial charge on any atom is 0.339 e. The van der Waals surface area contributed by atoms with Crippen molar-refractivity contribution < 1.29 is 18.7 Å². The molecule has 0 spiro atoms. The molecule has 1 aliphatic rings. The summed E-state index contributed by atoms with van der Waals surface area (Å²) in [6.45, 7) is -0.320. The van der Waals surface area contributed by atoms with Crippen molar-refractivity contribution in [2.45, 2.75) is 31.7 Å². The maximum absolute atomic E-state index is 12.9. The van der Waals surface area contributed by atoms with Crippen molar-refractivity contribution in [2.75, 3.05) is 6.61 Å². The first-order chi connectivity index (χ1) is 9.56. The van der Waals surface area contributed by atoms with E-state index >= 15 is 0 Å². The molecule has 1 aliphatic carbocycles. The molecule has 1 aromatic carbocycles. The Balaban J connectivity index is 1.83. The van der Waals surface area contributed by atoms with Gasteiger partial charge in [0.15, 0.2) is 6.61 Å². The van der Waals surface area contributed by atoms with Gasteiger partial charge in [-0.3, -0.25) is 4.79 Å². The molecule has 0 unspecified atom stereocenters. The Labute approximate surface area is 124 Å². The van der Waals surface area contributed by atoms with Crippen molar-refractivity contribution in [2.24, 2.45) is 0 Å². The summed E-state index contributed by atoms with van der Waals surface area (Å²) < 4.78 is 18.1. The number of halogens is 2. The van der Waals surface area contributed by atoms with Gasteiger partial charge in [-0.25, -0.2) is 9.18 Å². The van der Waals surface area contributed by atoms with Gasteiger partial charge in [0.2, 0.25) is 0 Å². The predicted octanol–water partition coefficient (Wildman–Crippen LogP) is 2.80. The summed E-state index contributed by atoms with van der Waals surface area (Å²) in [6, 6.07) is 3.85. The van der Waals surface area contributed by atoms with E-state index in [1.807, 2.05) is 0 Å². The average Bonchev–Trinajstić information content (AvgIpc) is 2.89. The van der Waals surface area contributed by atoms with E-state index in [0.717, 1.165) is 25.7 Å². The smallest absolute Gasteiger partial charge is 0.339 e. The van der Waals surface area contributed by atoms with E-state index in [2.05, 4.69) is 21.2 Å². The summed E-state index contributed by atoms with van der Waals surface area (Å²) in [7, 11) is 0. The standard InChI is InChI=1S/C14H15BrFNO3/c15-12-7-9(16)5-6-11(12)14(19)20-8-13(18)17-10-3-1-2-4-10/h5-7,10H,1-4,8H2,(H,17,18). The minimum absolute atomic E-state index is 0.193. The highest BCUT2D eigenvalue weighted by Crippen LogP contribution is 2.19. The zero-order valence-electron chi connectivity index (χ0n) is 10.8. The lowest BCUT2D eigenvalue weighted by Crippen LogP contribution is -2.35. The second-order valence-corrected chi connectivity index (χ2v) is 5.60. The summed E-state index contributed by atoms with van der Waals surface area (Å²) >= 11 is 3.08. The number of carbonyl (C=O) groups is 2. The van der Waals surface area contributed by atoms with Gasteiger partial charge in [-0.2, -0.15) is 0 Å². The van der Waals surface area contributed by atoms with Gasteiger partial charge in [-0.1, -0.05) is 12.8 Å². The zero-order chi connectivity index (χ0) is 14.5. The quantitative estimate of drug-likeness (QED) is 0.855. The van der Waals surface area contributed by atoms with Gasteiger partial charge in [0.1, 0.15) is 5.82 Å². The molecular formula is C14H15BrFNO3. The first kappa shape index (κ1) is 15.0. The molecular weight excluding hydrogens is 329 g/mol. The third kappa shape index (κ3) is 4.03. The summed E-state index contributed by atoms with van der Waals surface area (Å²) in [6.07, 6.45) is 4.19. The Morgan fingerprint density at radius 2 is 2.05 bits per heavy atom. The molecule has 20 heavy (non-hydrogen) atoms. The number of esters is 1. The Kier molecular flexibility index (Phi) is 5.11. The Hall–Kier alpha value is -1.43. The number of carbonyl (C=O) groups excluding carboxylic acids is 2. The van der Waals surface area contributed by atoms with Crippen molar-refractivity contribution in [1.29, 1.82) is 0 Å². The first-order valence-electron chi connectivity index (χ1n) is 6.48. The minimum Gasteiger partial charge on any atom is -0.452 e. The van der Waals surface area contributed by atoms with Crippen molar-refractivity contribution in [3.8, 4) is 0 Å². The van der Waals surface area contributed by atoms with Crippen LogP contribution in [0.5, 0.6) is 0 Å².